The molecule has 1 N–H and O–H groups in total. The Labute approximate surface area is 184 Å². The first kappa shape index (κ1) is 24.9. The molecule has 1 heterocycles. The molecule has 2 rings (SSSR count). The van der Waals surface area contributed by atoms with E-state index in [1.165, 1.54) is 29.6 Å². The Morgan fingerprint density at radius 1 is 1.32 bits per heavy atom. The Bertz CT molecular complexity index is 912. The second-order valence-electron chi connectivity index (χ2n) is 8.48. The highest BCUT2D eigenvalue weighted by atomic mass is 32.2. The predicted octanol–water partition coefficient (Wildman–Crippen LogP) is 2.65. The molecule has 1 atom stereocenters. The number of sulfonamides is 1. The van der Waals surface area contributed by atoms with Crippen LogP contribution in [0.2, 0.25) is 0 Å². The number of hydrogen-bond acceptors (Lipinski definition) is 7. The van der Waals surface area contributed by atoms with Crippen LogP contribution in [0.15, 0.2) is 23.1 Å². The summed E-state index contributed by atoms with van der Waals surface area (Å²) in [5.41, 5.74) is -0.341. The molecule has 10 heteroatoms. The molecule has 0 unspecified atom stereocenters. The molecule has 1 aliphatic rings. The van der Waals surface area contributed by atoms with Crippen LogP contribution in [0.4, 0.5) is 4.79 Å². The highest BCUT2D eigenvalue weighted by molar-refractivity contribution is 7.89. The van der Waals surface area contributed by atoms with Crippen LogP contribution < -0.4 is 10.1 Å². The van der Waals surface area contributed by atoms with Crippen molar-refractivity contribution in [3.8, 4) is 11.8 Å². The minimum absolute atomic E-state index is 0.0599. The molecule has 1 fully saturated rings. The third kappa shape index (κ3) is 7.09. The summed E-state index contributed by atoms with van der Waals surface area (Å²) in [6.07, 6.45) is 0.101. The van der Waals surface area contributed by atoms with Crippen LogP contribution in [0.25, 0.3) is 0 Å². The number of nitrogens with one attached hydrogen (secondary N) is 1. The number of ether oxygens (including phenoxy) is 3. The van der Waals surface area contributed by atoms with Gasteiger partial charge in [-0.25, -0.2) is 13.2 Å². The lowest BCUT2D eigenvalue weighted by Gasteiger charge is -2.32. The fourth-order valence-corrected chi connectivity index (χ4v) is 4.69. The molecule has 0 saturated carbocycles. The van der Waals surface area contributed by atoms with E-state index in [1.54, 1.807) is 27.7 Å². The number of alkyl carbamates (subject to hydrolysis) is 1. The fraction of sp³-hybridized carbons (Fsp3) is 0.619. The normalized spacial score (nSPS) is 16.9. The van der Waals surface area contributed by atoms with Crippen molar-refractivity contribution in [3.05, 3.63) is 23.8 Å². The zero-order valence-corrected chi connectivity index (χ0v) is 19.5. The Hall–Kier alpha value is -2.35. The summed E-state index contributed by atoms with van der Waals surface area (Å²) in [5, 5.41) is 12.1. The molecule has 172 valence electrons. The van der Waals surface area contributed by atoms with Gasteiger partial charge in [0.2, 0.25) is 10.0 Å². The largest absolute Gasteiger partial charge is 0.487 e. The van der Waals surface area contributed by atoms with Crippen molar-refractivity contribution < 1.29 is 27.4 Å². The van der Waals surface area contributed by atoms with Gasteiger partial charge in [-0.15, -0.1) is 0 Å². The van der Waals surface area contributed by atoms with Crippen molar-refractivity contribution >= 4 is 16.1 Å². The van der Waals surface area contributed by atoms with Gasteiger partial charge in [-0.05, 0) is 52.7 Å². The number of rotatable bonds is 7. The number of carbonyl (C=O) groups is 1. The van der Waals surface area contributed by atoms with Crippen molar-refractivity contribution in [2.75, 3.05) is 26.8 Å². The average Bonchev–Trinajstić information content (AvgIpc) is 2.67. The van der Waals surface area contributed by atoms with E-state index in [2.05, 4.69) is 5.32 Å². The van der Waals surface area contributed by atoms with Crippen LogP contribution in [-0.4, -0.2) is 63.4 Å². The summed E-state index contributed by atoms with van der Waals surface area (Å²) in [7, 11) is -2.23. The van der Waals surface area contributed by atoms with E-state index in [-0.39, 0.29) is 41.4 Å². The molecule has 0 radical (unpaired) electrons. The highest BCUT2D eigenvalue weighted by Gasteiger charge is 2.31. The molecule has 1 aliphatic heterocycles. The molecule has 0 aliphatic carbocycles. The van der Waals surface area contributed by atoms with Crippen molar-refractivity contribution in [1.82, 2.24) is 9.62 Å². The van der Waals surface area contributed by atoms with Crippen LogP contribution in [0.3, 0.4) is 0 Å². The maximum absolute atomic E-state index is 13.1. The molecule has 0 spiro atoms. The van der Waals surface area contributed by atoms with E-state index >= 15 is 0 Å². The smallest absolute Gasteiger partial charge is 0.407 e. The minimum atomic E-state index is -3.77. The molecule has 1 aromatic rings. The SMILES string of the molecule is COC[C@@H](C)Oc1cc(S(=O)(=O)N2CCC(NC(=O)OC(C)(C)C)CC2)ccc1C#N. The average molecular weight is 454 g/mol. The molecular formula is C21H31N3O6S. The van der Waals surface area contributed by atoms with Crippen molar-refractivity contribution in [1.29, 1.82) is 5.26 Å². The Morgan fingerprint density at radius 2 is 1.97 bits per heavy atom. The van der Waals surface area contributed by atoms with Gasteiger partial charge in [0.1, 0.15) is 23.5 Å². The number of hydrogen-bond donors (Lipinski definition) is 1. The van der Waals surface area contributed by atoms with Crippen LogP contribution in [0.1, 0.15) is 46.1 Å². The van der Waals surface area contributed by atoms with E-state index in [9.17, 15) is 18.5 Å². The lowest BCUT2D eigenvalue weighted by molar-refractivity contribution is 0.0489. The van der Waals surface area contributed by atoms with E-state index in [1.807, 2.05) is 6.07 Å². The number of benzene rings is 1. The third-order valence-electron chi connectivity index (χ3n) is 4.62. The maximum Gasteiger partial charge on any atom is 0.407 e. The quantitative estimate of drug-likeness (QED) is 0.674. The second kappa shape index (κ2) is 10.3. The van der Waals surface area contributed by atoms with Gasteiger partial charge in [0.25, 0.3) is 0 Å². The third-order valence-corrected chi connectivity index (χ3v) is 6.51. The topological polar surface area (TPSA) is 118 Å². The van der Waals surface area contributed by atoms with Crippen LogP contribution >= 0.6 is 0 Å². The summed E-state index contributed by atoms with van der Waals surface area (Å²) < 4.78 is 43.6. The summed E-state index contributed by atoms with van der Waals surface area (Å²) in [6.45, 7) is 7.96. The molecule has 1 saturated heterocycles. The number of carbonyl (C=O) groups excluding carboxylic acids is 1. The molecule has 1 amide bonds. The van der Waals surface area contributed by atoms with Crippen molar-refractivity contribution in [2.45, 2.75) is 63.2 Å². The van der Waals surface area contributed by atoms with Gasteiger partial charge in [0.05, 0.1) is 17.1 Å². The van der Waals surface area contributed by atoms with Gasteiger partial charge < -0.3 is 19.5 Å². The molecule has 1 aromatic carbocycles. The highest BCUT2D eigenvalue weighted by Crippen LogP contribution is 2.27. The number of methoxy groups -OCH3 is 1. The Kier molecular flexibility index (Phi) is 8.28. The number of piperidine rings is 1. The summed E-state index contributed by atoms with van der Waals surface area (Å²) in [4.78, 5) is 12.0. The van der Waals surface area contributed by atoms with Crippen molar-refractivity contribution in [2.24, 2.45) is 0 Å². The van der Waals surface area contributed by atoms with E-state index < -0.39 is 21.7 Å². The molecule has 31 heavy (non-hydrogen) atoms. The van der Waals surface area contributed by atoms with Gasteiger partial charge in [-0.1, -0.05) is 0 Å². The van der Waals surface area contributed by atoms with E-state index in [0.717, 1.165) is 0 Å². The predicted molar refractivity (Wildman–Crippen MR) is 114 cm³/mol. The first-order valence-electron chi connectivity index (χ1n) is 10.2. The van der Waals surface area contributed by atoms with Gasteiger partial charge in [-0.3, -0.25) is 0 Å². The Balaban J connectivity index is 2.07. The molecular weight excluding hydrogens is 422 g/mol. The van der Waals surface area contributed by atoms with E-state index in [4.69, 9.17) is 14.2 Å². The lowest BCUT2D eigenvalue weighted by atomic mass is 10.1. The molecule has 0 bridgehead atoms. The van der Waals surface area contributed by atoms with Gasteiger partial charge in [0.15, 0.2) is 0 Å². The minimum Gasteiger partial charge on any atom is -0.487 e. The van der Waals surface area contributed by atoms with Crippen LogP contribution in [0, 0.1) is 11.3 Å². The van der Waals surface area contributed by atoms with Crippen molar-refractivity contribution in [3.63, 3.8) is 0 Å². The van der Waals surface area contributed by atoms with Gasteiger partial charge >= 0.3 is 6.09 Å². The molecule has 9 nitrogen and oxygen atoms in total. The first-order chi connectivity index (χ1) is 14.5. The summed E-state index contributed by atoms with van der Waals surface area (Å²) in [5.74, 6) is 0.203. The summed E-state index contributed by atoms with van der Waals surface area (Å²) in [6, 6.07) is 6.09. The summed E-state index contributed by atoms with van der Waals surface area (Å²) >= 11 is 0. The van der Waals surface area contributed by atoms with E-state index in [0.29, 0.717) is 19.4 Å². The molecule has 0 aromatic heterocycles. The second-order valence-corrected chi connectivity index (χ2v) is 10.4. The monoisotopic (exact) mass is 453 g/mol. The first-order valence-corrected chi connectivity index (χ1v) is 11.6. The lowest BCUT2D eigenvalue weighted by Crippen LogP contribution is -2.47. The number of nitrogens with zero attached hydrogens (tertiary/aromatic N) is 2. The number of amides is 1. The zero-order chi connectivity index (χ0) is 23.2. The Morgan fingerprint density at radius 3 is 2.52 bits per heavy atom. The van der Waals surface area contributed by atoms with Gasteiger partial charge in [-0.2, -0.15) is 9.57 Å². The van der Waals surface area contributed by atoms with Crippen LogP contribution in [-0.2, 0) is 19.5 Å². The van der Waals surface area contributed by atoms with Crippen LogP contribution in [0.5, 0.6) is 5.75 Å². The maximum atomic E-state index is 13.1. The standard InChI is InChI=1S/C21H31N3O6S/c1-15(14-28-5)29-19-12-18(7-6-16(19)13-22)31(26,27)24-10-8-17(9-11-24)23-20(25)30-21(2,3)4/h6-7,12,15,17H,8-11,14H2,1-5H3,(H,23,25)/t15-/m1/s1. The fourth-order valence-electron chi connectivity index (χ4n) is 3.20. The zero-order valence-electron chi connectivity index (χ0n) is 18.7. The number of nitriles is 1. The van der Waals surface area contributed by atoms with Gasteiger partial charge in [0, 0.05) is 32.3 Å².